The van der Waals surface area contributed by atoms with Crippen LogP contribution in [0.25, 0.3) is 0 Å². The van der Waals surface area contributed by atoms with Crippen molar-refractivity contribution in [1.82, 2.24) is 0 Å². The van der Waals surface area contributed by atoms with Crippen molar-refractivity contribution in [1.29, 1.82) is 0 Å². The molecule has 6 aliphatic heterocycles. The third-order valence-corrected chi connectivity index (χ3v) is 19.0. The molecule has 6 heterocycles. The summed E-state index contributed by atoms with van der Waals surface area (Å²) in [4.78, 5) is 0. The molecule has 31 atom stereocenters. The largest absolute Gasteiger partial charge is 0.393 e. The van der Waals surface area contributed by atoms with Crippen molar-refractivity contribution in [3.8, 4) is 0 Å². The Kier molecular flexibility index (Phi) is 14.6. The number of hydrogen-bond donors (Lipinski definition) is 12. The number of ether oxygens (including phenoxy) is 10. The van der Waals surface area contributed by atoms with E-state index in [9.17, 15) is 61.3 Å². The Labute approximate surface area is 411 Å². The molecule has 0 radical (unpaired) electrons. The summed E-state index contributed by atoms with van der Waals surface area (Å²) < 4.78 is 62.4. The summed E-state index contributed by atoms with van der Waals surface area (Å²) in [6.45, 7) is 12.9. The highest BCUT2D eigenvalue weighted by Gasteiger charge is 2.72. The topological polar surface area (TPSA) is 335 Å². The van der Waals surface area contributed by atoms with E-state index in [0.717, 1.165) is 24.8 Å². The molecule has 6 saturated heterocycles. The maximum Gasteiger partial charge on any atom is 0.200 e. The number of hydrogen-bond acceptors (Lipinski definition) is 22. The number of allylic oxidation sites excluding steroid dienone is 1. The van der Waals surface area contributed by atoms with Crippen molar-refractivity contribution in [2.45, 2.75) is 220 Å². The van der Waals surface area contributed by atoms with Crippen LogP contribution in [-0.2, 0) is 47.4 Å². The van der Waals surface area contributed by atoms with E-state index in [1.54, 1.807) is 6.92 Å². The van der Waals surface area contributed by atoms with Gasteiger partial charge in [-0.05, 0) is 80.6 Å². The van der Waals surface area contributed by atoms with E-state index in [1.807, 2.05) is 6.92 Å². The predicted octanol–water partition coefficient (Wildman–Crippen LogP) is -2.82. The zero-order valence-electron chi connectivity index (χ0n) is 40.8. The maximum atomic E-state index is 12.2. The molecule has 3 saturated carbocycles. The Morgan fingerprint density at radius 2 is 1.25 bits per heavy atom. The molecule has 1 spiro atoms. The molecule has 404 valence electrons. The summed E-state index contributed by atoms with van der Waals surface area (Å²) in [7, 11) is 0. The van der Waals surface area contributed by atoms with Crippen LogP contribution in [0.1, 0.15) is 73.1 Å². The first-order valence-electron chi connectivity index (χ1n) is 25.5. The van der Waals surface area contributed by atoms with Crippen LogP contribution < -0.4 is 0 Å². The van der Waals surface area contributed by atoms with Crippen LogP contribution in [0, 0.1) is 40.4 Å². The molecular weight excluding hydrogens is 941 g/mol. The van der Waals surface area contributed by atoms with Gasteiger partial charge in [0.2, 0.25) is 5.79 Å². The number of rotatable bonds is 8. The lowest BCUT2D eigenvalue weighted by molar-refractivity contribution is -0.382. The molecule has 22 heteroatoms. The molecule has 71 heavy (non-hydrogen) atoms. The molecule has 0 bridgehead atoms. The summed E-state index contributed by atoms with van der Waals surface area (Å²) in [6, 6.07) is 0. The standard InChI is InChI=1S/C49H76O22/c1-17-14-64-49(42(61)39(17)68-44-37(59)34(56)31(53)19(3)65-44)18(2)30-28(71-49)13-25-23-8-7-21-11-22(50)12-29(48(21,6)24(23)9-10-47(25,30)5)67-46-41(70-45-38(60)35(57)32(54)20(4)66-45)40(27(52)16-63-46)69-43-36(58)33(55)26(51)15-62-43/h7,18-20,22-46,50-61H,1,8-16H2,2-6H3/t18-,19+,20-,22+,23+,24-,25-,26+,27-,28-,29+,30-,31-,32-,33-,34-,35+,36+,37+,38+,39-,40-,41+,42-,43-,44-,45-,46-,47-,48-,49-/m0/s1. The number of aliphatic hydroxyl groups is 12. The normalized spacial score (nSPS) is 58.4. The van der Waals surface area contributed by atoms with Gasteiger partial charge >= 0.3 is 0 Å². The van der Waals surface area contributed by atoms with Gasteiger partial charge in [0, 0.05) is 17.8 Å². The molecule has 12 N–H and O–H groups in total. The van der Waals surface area contributed by atoms with Gasteiger partial charge in [0.05, 0.1) is 50.3 Å². The van der Waals surface area contributed by atoms with E-state index in [4.69, 9.17) is 47.4 Å². The van der Waals surface area contributed by atoms with Crippen LogP contribution in [-0.4, -0.2) is 228 Å². The predicted molar refractivity (Wildman–Crippen MR) is 238 cm³/mol. The maximum absolute atomic E-state index is 12.2. The molecule has 0 aromatic carbocycles. The van der Waals surface area contributed by atoms with Crippen LogP contribution in [0.3, 0.4) is 0 Å². The van der Waals surface area contributed by atoms with Crippen molar-refractivity contribution in [3.63, 3.8) is 0 Å². The Bertz CT molecular complexity index is 1960. The second-order valence-corrected chi connectivity index (χ2v) is 22.8. The lowest BCUT2D eigenvalue weighted by atomic mass is 9.46. The summed E-state index contributed by atoms with van der Waals surface area (Å²) in [6.07, 6.45) is -24.8. The lowest BCUT2D eigenvalue weighted by Gasteiger charge is -2.60. The Hall–Kier alpha value is -1.40. The fourth-order valence-electron chi connectivity index (χ4n) is 14.9. The van der Waals surface area contributed by atoms with E-state index in [1.165, 1.54) is 6.92 Å². The van der Waals surface area contributed by atoms with Gasteiger partial charge in [-0.15, -0.1) is 0 Å². The van der Waals surface area contributed by atoms with Gasteiger partial charge in [-0.25, -0.2) is 0 Å². The Balaban J connectivity index is 0.896. The molecule has 22 nitrogen and oxygen atoms in total. The second kappa shape index (κ2) is 19.6. The van der Waals surface area contributed by atoms with Crippen molar-refractivity contribution in [2.75, 3.05) is 19.8 Å². The fraction of sp³-hybridized carbons (Fsp3) is 0.918. The third-order valence-electron chi connectivity index (χ3n) is 19.0. The zero-order valence-corrected chi connectivity index (χ0v) is 40.8. The second-order valence-electron chi connectivity index (χ2n) is 22.8. The molecule has 0 aromatic heterocycles. The van der Waals surface area contributed by atoms with Crippen molar-refractivity contribution in [2.24, 2.45) is 40.4 Å². The van der Waals surface area contributed by atoms with Crippen LogP contribution in [0.5, 0.6) is 0 Å². The first kappa shape index (κ1) is 53.0. The smallest absolute Gasteiger partial charge is 0.200 e. The molecule has 9 fully saturated rings. The highest BCUT2D eigenvalue weighted by Crippen LogP contribution is 2.71. The van der Waals surface area contributed by atoms with Gasteiger partial charge in [0.15, 0.2) is 25.2 Å². The third kappa shape index (κ3) is 8.55. The van der Waals surface area contributed by atoms with Crippen molar-refractivity contribution < 1.29 is 109 Å². The first-order valence-corrected chi connectivity index (χ1v) is 25.5. The van der Waals surface area contributed by atoms with Gasteiger partial charge in [0.25, 0.3) is 0 Å². The average molecular weight is 1020 g/mol. The van der Waals surface area contributed by atoms with Crippen molar-refractivity contribution in [3.05, 3.63) is 23.8 Å². The van der Waals surface area contributed by atoms with Crippen LogP contribution in [0.2, 0.25) is 0 Å². The number of fused-ring (bicyclic) bond motifs is 7. The van der Waals surface area contributed by atoms with E-state index in [2.05, 4.69) is 26.5 Å². The van der Waals surface area contributed by atoms with E-state index < -0.39 is 153 Å². The Morgan fingerprint density at radius 3 is 1.93 bits per heavy atom. The van der Waals surface area contributed by atoms with E-state index in [0.29, 0.717) is 18.4 Å². The van der Waals surface area contributed by atoms with Gasteiger partial charge in [0.1, 0.15) is 85.5 Å². The molecule has 0 unspecified atom stereocenters. The van der Waals surface area contributed by atoms with Crippen molar-refractivity contribution >= 4 is 0 Å². The molecular formula is C49H76O22. The van der Waals surface area contributed by atoms with Gasteiger partial charge in [-0.3, -0.25) is 0 Å². The minimum absolute atomic E-state index is 0.00351. The fourth-order valence-corrected chi connectivity index (χ4v) is 14.9. The SMILES string of the molecule is C=C1CO[C@@]2(O[C@H]3C[C@H]4[C@@H]5CC=C6C[C@@H](O)C[C@@H](O[C@@H]7OC[C@H](O)[C@H](O[C@@H]8OC[C@@H](O)[C@H](O)[C@H]8O)[C@H]7O[C@@H]7O[C@@H](C)[C@H](O)[C@@H](O)[C@H]7O)[C@]6(C)[C@H]5CC[C@]4(C)[C@H]3[C@@H]2C)[C@@H](O)[C@H]1O[C@@H]1O[C@H](C)[C@H](O)[C@H](O)[C@H]1O. The lowest BCUT2D eigenvalue weighted by Crippen LogP contribution is -2.65. The van der Waals surface area contributed by atoms with Crippen LogP contribution >= 0.6 is 0 Å². The highest BCUT2D eigenvalue weighted by molar-refractivity contribution is 5.29. The molecule has 10 aliphatic rings. The monoisotopic (exact) mass is 1020 g/mol. The molecule has 0 amide bonds. The quantitative estimate of drug-likeness (QED) is 0.109. The van der Waals surface area contributed by atoms with Gasteiger partial charge in [-0.1, -0.05) is 39.0 Å². The highest BCUT2D eigenvalue weighted by atomic mass is 16.8. The first-order chi connectivity index (χ1) is 33.5. The minimum Gasteiger partial charge on any atom is -0.393 e. The van der Waals surface area contributed by atoms with E-state index in [-0.39, 0.29) is 60.7 Å². The van der Waals surface area contributed by atoms with Crippen LogP contribution in [0.4, 0.5) is 0 Å². The van der Waals surface area contributed by atoms with E-state index >= 15 is 0 Å². The average Bonchev–Trinajstić information content (AvgIpc) is 3.79. The molecule has 4 aliphatic carbocycles. The van der Waals surface area contributed by atoms with Gasteiger partial charge in [-0.2, -0.15) is 0 Å². The minimum atomic E-state index is -1.77. The van der Waals surface area contributed by atoms with Gasteiger partial charge < -0.3 is 109 Å². The zero-order chi connectivity index (χ0) is 51.0. The summed E-state index contributed by atoms with van der Waals surface area (Å²) in [5.74, 6) is -1.54. The summed E-state index contributed by atoms with van der Waals surface area (Å²) >= 11 is 0. The Morgan fingerprint density at radius 1 is 0.648 bits per heavy atom. The molecule has 10 rings (SSSR count). The summed E-state index contributed by atoms with van der Waals surface area (Å²) in [5, 5.41) is 131. The summed E-state index contributed by atoms with van der Waals surface area (Å²) in [5.41, 5.74) is 0.489. The van der Waals surface area contributed by atoms with Crippen LogP contribution in [0.15, 0.2) is 23.8 Å². The molecule has 0 aromatic rings. The number of aliphatic hydroxyl groups excluding tert-OH is 12.